The molecule has 1 aliphatic rings. The van der Waals surface area contributed by atoms with Crippen molar-refractivity contribution in [2.75, 3.05) is 0 Å². The van der Waals surface area contributed by atoms with Crippen LogP contribution in [0.4, 0.5) is 0 Å². The molecular formula is C8H11Co-. The molecule has 0 saturated carbocycles. The quantitative estimate of drug-likeness (QED) is 0.383. The van der Waals surface area contributed by atoms with Gasteiger partial charge in [-0.3, -0.25) is 6.08 Å². The molecule has 0 aliphatic heterocycles. The standard InChI is InChI=1S/C8H11.Co/c1-2-4-6-8-7-5-3-1;/h1-2,7H,3-6H2;/q-1;. The molecule has 1 radical (unpaired) electrons. The third-order valence-corrected chi connectivity index (χ3v) is 1.24. The second-order valence-electron chi connectivity index (χ2n) is 2.00. The van der Waals surface area contributed by atoms with E-state index in [0.29, 0.717) is 0 Å². The van der Waals surface area contributed by atoms with E-state index in [0.717, 1.165) is 6.42 Å². The van der Waals surface area contributed by atoms with Gasteiger partial charge in [-0.15, -0.1) is 0 Å². The van der Waals surface area contributed by atoms with E-state index < -0.39 is 0 Å². The van der Waals surface area contributed by atoms with Gasteiger partial charge in [0.2, 0.25) is 0 Å². The van der Waals surface area contributed by atoms with Gasteiger partial charge >= 0.3 is 0 Å². The van der Waals surface area contributed by atoms with Gasteiger partial charge in [-0.25, -0.2) is 0 Å². The normalized spacial score (nSPS) is 17.8. The van der Waals surface area contributed by atoms with Crippen LogP contribution < -0.4 is 0 Å². The van der Waals surface area contributed by atoms with Crippen molar-refractivity contribution >= 4 is 0 Å². The predicted molar refractivity (Wildman–Crippen MR) is 35.4 cm³/mol. The van der Waals surface area contributed by atoms with E-state index in [1.54, 1.807) is 0 Å². The molecule has 0 aromatic heterocycles. The molecule has 0 fully saturated rings. The Balaban J connectivity index is 0.000000640. The van der Waals surface area contributed by atoms with Crippen molar-refractivity contribution in [1.29, 1.82) is 0 Å². The van der Waals surface area contributed by atoms with Crippen LogP contribution in [-0.4, -0.2) is 0 Å². The summed E-state index contributed by atoms with van der Waals surface area (Å²) in [7, 11) is 0. The first-order valence-electron chi connectivity index (χ1n) is 3.20. The Morgan fingerprint density at radius 3 is 2.67 bits per heavy atom. The second-order valence-corrected chi connectivity index (χ2v) is 2.00. The van der Waals surface area contributed by atoms with Crippen LogP contribution in [0.2, 0.25) is 0 Å². The van der Waals surface area contributed by atoms with Crippen molar-refractivity contribution in [3.63, 3.8) is 0 Å². The van der Waals surface area contributed by atoms with E-state index in [1.807, 2.05) is 0 Å². The van der Waals surface area contributed by atoms with Crippen LogP contribution in [-0.2, 0) is 16.8 Å². The summed E-state index contributed by atoms with van der Waals surface area (Å²) in [5.41, 5.74) is 0. The Hall–Kier alpha value is -0.0135. The zero-order chi connectivity index (χ0) is 5.66. The second kappa shape index (κ2) is 6.11. The summed E-state index contributed by atoms with van der Waals surface area (Å²) < 4.78 is 0. The minimum atomic E-state index is 0. The Morgan fingerprint density at radius 2 is 1.78 bits per heavy atom. The first-order chi connectivity index (χ1) is 4.00. The Bertz CT molecular complexity index is 77.1. The maximum Gasteiger partial charge on any atom is 0 e. The third kappa shape index (κ3) is 4.49. The number of allylic oxidation sites excluding steroid dienone is 4. The van der Waals surface area contributed by atoms with Crippen molar-refractivity contribution < 1.29 is 16.8 Å². The number of hydrogen-bond acceptors (Lipinski definition) is 0. The molecule has 0 aromatic carbocycles. The molecule has 0 spiro atoms. The van der Waals surface area contributed by atoms with Gasteiger partial charge in [0.15, 0.2) is 0 Å². The van der Waals surface area contributed by atoms with E-state index in [4.69, 9.17) is 0 Å². The van der Waals surface area contributed by atoms with Gasteiger partial charge in [0.1, 0.15) is 0 Å². The molecule has 0 atom stereocenters. The summed E-state index contributed by atoms with van der Waals surface area (Å²) in [6.07, 6.45) is 14.5. The molecule has 0 nitrogen and oxygen atoms in total. The molecule has 0 saturated heterocycles. The molecule has 1 rings (SSSR count). The summed E-state index contributed by atoms with van der Waals surface area (Å²) in [4.78, 5) is 0. The Morgan fingerprint density at radius 1 is 1.00 bits per heavy atom. The zero-order valence-electron chi connectivity index (χ0n) is 5.39. The fourth-order valence-electron chi connectivity index (χ4n) is 0.786. The van der Waals surface area contributed by atoms with Gasteiger partial charge in [0.05, 0.1) is 0 Å². The minimum Gasteiger partial charge on any atom is -0.500 e. The molecule has 1 heteroatoms. The summed E-state index contributed by atoms with van der Waals surface area (Å²) in [5, 5.41) is 0. The van der Waals surface area contributed by atoms with E-state index >= 15 is 0 Å². The first-order valence-corrected chi connectivity index (χ1v) is 3.20. The largest absolute Gasteiger partial charge is 0.500 e. The van der Waals surface area contributed by atoms with Gasteiger partial charge in [0, 0.05) is 16.8 Å². The number of rotatable bonds is 0. The van der Waals surface area contributed by atoms with Crippen LogP contribution >= 0.6 is 0 Å². The van der Waals surface area contributed by atoms with Gasteiger partial charge < -0.3 is 6.08 Å². The van der Waals surface area contributed by atoms with Crippen LogP contribution in [0.5, 0.6) is 0 Å². The van der Waals surface area contributed by atoms with Crippen LogP contribution in [0.3, 0.4) is 0 Å². The van der Waals surface area contributed by atoms with Crippen molar-refractivity contribution in [3.8, 4) is 0 Å². The zero-order valence-corrected chi connectivity index (χ0v) is 6.43. The molecule has 9 heavy (non-hydrogen) atoms. The van der Waals surface area contributed by atoms with Crippen molar-refractivity contribution in [1.82, 2.24) is 0 Å². The van der Waals surface area contributed by atoms with Crippen LogP contribution in [0.1, 0.15) is 25.7 Å². The van der Waals surface area contributed by atoms with E-state index in [-0.39, 0.29) is 16.8 Å². The monoisotopic (exact) mass is 166 g/mol. The van der Waals surface area contributed by atoms with Crippen LogP contribution in [0.25, 0.3) is 0 Å². The average molecular weight is 166 g/mol. The van der Waals surface area contributed by atoms with Gasteiger partial charge in [0.25, 0.3) is 0 Å². The maximum absolute atomic E-state index is 3.21. The predicted octanol–water partition coefficient (Wildman–Crippen LogP) is 2.47. The first kappa shape index (κ1) is 8.99. The fraction of sp³-hybridized carbons (Fsp3) is 0.500. The molecule has 0 unspecified atom stereocenters. The molecule has 0 bridgehead atoms. The van der Waals surface area contributed by atoms with Gasteiger partial charge in [-0.1, -0.05) is 25.0 Å². The average Bonchev–Trinajstić information content (AvgIpc) is 1.62. The number of hydrogen-bond donors (Lipinski definition) is 0. The van der Waals surface area contributed by atoms with Crippen LogP contribution in [0, 0.1) is 6.08 Å². The summed E-state index contributed by atoms with van der Waals surface area (Å²) in [6.45, 7) is 0. The summed E-state index contributed by atoms with van der Waals surface area (Å²) >= 11 is 0. The summed E-state index contributed by atoms with van der Waals surface area (Å²) in [6, 6.07) is 0. The smallest absolute Gasteiger partial charge is 0 e. The molecule has 1 aliphatic carbocycles. The van der Waals surface area contributed by atoms with E-state index in [1.165, 1.54) is 19.3 Å². The van der Waals surface area contributed by atoms with Crippen molar-refractivity contribution in [2.45, 2.75) is 25.7 Å². The molecule has 0 heterocycles. The molecular weight excluding hydrogens is 155 g/mol. The van der Waals surface area contributed by atoms with Crippen molar-refractivity contribution in [2.24, 2.45) is 0 Å². The fourth-order valence-corrected chi connectivity index (χ4v) is 0.786. The SMILES string of the molecule is [C-]1=CCCC=CCC1.[Co]. The molecule has 53 valence electrons. The van der Waals surface area contributed by atoms with E-state index in [9.17, 15) is 0 Å². The Labute approximate surface area is 67.2 Å². The molecule has 0 aromatic rings. The molecule has 0 N–H and O–H groups in total. The Kier molecular flexibility index (Phi) is 6.10. The molecule has 0 amide bonds. The third-order valence-electron chi connectivity index (χ3n) is 1.24. The van der Waals surface area contributed by atoms with Crippen molar-refractivity contribution in [3.05, 3.63) is 24.3 Å². The minimum absolute atomic E-state index is 0. The topological polar surface area (TPSA) is 0 Å². The van der Waals surface area contributed by atoms with Crippen LogP contribution in [0.15, 0.2) is 18.2 Å². The maximum atomic E-state index is 3.21. The summed E-state index contributed by atoms with van der Waals surface area (Å²) in [5.74, 6) is 0. The van der Waals surface area contributed by atoms with Gasteiger partial charge in [-0.2, -0.15) is 6.42 Å². The van der Waals surface area contributed by atoms with Gasteiger partial charge in [-0.05, 0) is 6.42 Å². The van der Waals surface area contributed by atoms with E-state index in [2.05, 4.69) is 24.3 Å².